The van der Waals surface area contributed by atoms with Crippen LogP contribution < -0.4 is 15.4 Å². The Balaban J connectivity index is 1.62. The van der Waals surface area contributed by atoms with Crippen molar-refractivity contribution in [1.82, 2.24) is 4.72 Å². The van der Waals surface area contributed by atoms with Gasteiger partial charge >= 0.3 is 0 Å². The molecule has 28 heavy (non-hydrogen) atoms. The Kier molecular flexibility index (Phi) is 6.07. The zero-order valence-electron chi connectivity index (χ0n) is 15.4. The number of hydrogen-bond donors (Lipinski definition) is 3. The van der Waals surface area contributed by atoms with Crippen LogP contribution in [0.3, 0.4) is 0 Å². The number of amides is 2. The molecule has 2 amide bonds. The van der Waals surface area contributed by atoms with Crippen molar-refractivity contribution in [3.63, 3.8) is 0 Å². The SMILES string of the molecule is CC(C)NS(=O)(=O)c1ccc(NC(=O)C[C@@H]2Sc3ccccc3NC2=O)cc1. The van der Waals surface area contributed by atoms with Gasteiger partial charge in [0.2, 0.25) is 21.8 Å². The van der Waals surface area contributed by atoms with E-state index in [0.717, 1.165) is 10.6 Å². The molecule has 0 spiro atoms. The molecule has 0 bridgehead atoms. The van der Waals surface area contributed by atoms with E-state index in [-0.39, 0.29) is 29.2 Å². The molecule has 2 aromatic rings. The minimum Gasteiger partial charge on any atom is -0.326 e. The summed E-state index contributed by atoms with van der Waals surface area (Å²) in [4.78, 5) is 25.6. The number of thioether (sulfide) groups is 1. The van der Waals surface area contributed by atoms with E-state index >= 15 is 0 Å². The van der Waals surface area contributed by atoms with E-state index in [4.69, 9.17) is 0 Å². The summed E-state index contributed by atoms with van der Waals surface area (Å²) in [5, 5.41) is 4.99. The van der Waals surface area contributed by atoms with Crippen LogP contribution in [0, 0.1) is 0 Å². The third kappa shape index (κ3) is 4.92. The van der Waals surface area contributed by atoms with Crippen LogP contribution in [0.15, 0.2) is 58.3 Å². The average molecular weight is 420 g/mol. The van der Waals surface area contributed by atoms with Crippen molar-refractivity contribution in [3.05, 3.63) is 48.5 Å². The van der Waals surface area contributed by atoms with Crippen molar-refractivity contribution < 1.29 is 18.0 Å². The predicted molar refractivity (Wildman–Crippen MR) is 110 cm³/mol. The highest BCUT2D eigenvalue weighted by atomic mass is 32.2. The van der Waals surface area contributed by atoms with Crippen LogP contribution in [0.5, 0.6) is 0 Å². The second kappa shape index (κ2) is 8.34. The summed E-state index contributed by atoms with van der Waals surface area (Å²) >= 11 is 1.35. The van der Waals surface area contributed by atoms with Crippen LogP contribution in [0.25, 0.3) is 0 Å². The lowest BCUT2D eigenvalue weighted by atomic mass is 10.2. The molecular weight excluding hydrogens is 398 g/mol. The molecule has 0 saturated heterocycles. The van der Waals surface area contributed by atoms with Crippen molar-refractivity contribution in [2.45, 2.75) is 41.4 Å². The molecule has 0 unspecified atom stereocenters. The van der Waals surface area contributed by atoms with Crippen LogP contribution >= 0.6 is 11.8 Å². The van der Waals surface area contributed by atoms with Gasteiger partial charge in [-0.25, -0.2) is 13.1 Å². The maximum atomic E-state index is 12.3. The van der Waals surface area contributed by atoms with Gasteiger partial charge in [-0.05, 0) is 50.2 Å². The summed E-state index contributed by atoms with van der Waals surface area (Å²) in [6.45, 7) is 3.48. The molecule has 9 heteroatoms. The number of nitrogens with one attached hydrogen (secondary N) is 3. The van der Waals surface area contributed by atoms with Gasteiger partial charge in [-0.2, -0.15) is 0 Å². The first-order valence-electron chi connectivity index (χ1n) is 8.73. The topological polar surface area (TPSA) is 104 Å². The predicted octanol–water partition coefficient (Wildman–Crippen LogP) is 2.81. The maximum Gasteiger partial charge on any atom is 0.240 e. The number of hydrogen-bond acceptors (Lipinski definition) is 5. The molecule has 1 aliphatic rings. The Morgan fingerprint density at radius 1 is 1.14 bits per heavy atom. The fraction of sp³-hybridized carbons (Fsp3) is 0.263. The minimum atomic E-state index is -3.58. The number of carbonyl (C=O) groups is 2. The molecule has 3 rings (SSSR count). The van der Waals surface area contributed by atoms with Crippen LogP contribution in [-0.2, 0) is 19.6 Å². The summed E-state index contributed by atoms with van der Waals surface area (Å²) in [7, 11) is -3.58. The van der Waals surface area contributed by atoms with E-state index in [9.17, 15) is 18.0 Å². The van der Waals surface area contributed by atoms with E-state index in [0.29, 0.717) is 5.69 Å². The normalized spacial score (nSPS) is 16.4. The molecule has 2 aromatic carbocycles. The van der Waals surface area contributed by atoms with Crippen molar-refractivity contribution in [2.75, 3.05) is 10.6 Å². The third-order valence-electron chi connectivity index (χ3n) is 3.92. The van der Waals surface area contributed by atoms with Crippen molar-refractivity contribution in [2.24, 2.45) is 0 Å². The van der Waals surface area contributed by atoms with Crippen LogP contribution in [0.2, 0.25) is 0 Å². The second-order valence-corrected chi connectivity index (χ2v) is 9.60. The first kappa shape index (κ1) is 20.4. The molecule has 7 nitrogen and oxygen atoms in total. The number of fused-ring (bicyclic) bond motifs is 1. The number of para-hydroxylation sites is 1. The summed E-state index contributed by atoms with van der Waals surface area (Å²) in [5.74, 6) is -0.525. The van der Waals surface area contributed by atoms with Gasteiger partial charge in [0.15, 0.2) is 0 Å². The van der Waals surface area contributed by atoms with E-state index in [1.165, 1.54) is 36.0 Å². The number of sulfonamides is 1. The Hall–Kier alpha value is -2.36. The van der Waals surface area contributed by atoms with Gasteiger partial charge in [0.25, 0.3) is 0 Å². The lowest BCUT2D eigenvalue weighted by Crippen LogP contribution is -2.32. The van der Waals surface area contributed by atoms with Crippen LogP contribution in [-0.4, -0.2) is 31.5 Å². The van der Waals surface area contributed by atoms with Crippen LogP contribution in [0.4, 0.5) is 11.4 Å². The van der Waals surface area contributed by atoms with Gasteiger partial charge in [-0.1, -0.05) is 12.1 Å². The first-order valence-corrected chi connectivity index (χ1v) is 11.1. The zero-order chi connectivity index (χ0) is 20.3. The van der Waals surface area contributed by atoms with E-state index < -0.39 is 15.3 Å². The summed E-state index contributed by atoms with van der Waals surface area (Å²) in [5.41, 5.74) is 1.22. The standard InChI is InChI=1S/C19H21N3O4S2/c1-12(2)22-28(25,26)14-9-7-13(8-10-14)20-18(23)11-17-19(24)21-15-5-3-4-6-16(15)27-17/h3-10,12,17,22H,11H2,1-2H3,(H,20,23)(H,21,24)/t17-/m0/s1. The molecule has 0 radical (unpaired) electrons. The number of anilines is 2. The third-order valence-corrected chi connectivity index (χ3v) is 6.87. The van der Waals surface area contributed by atoms with Gasteiger partial charge in [-0.3, -0.25) is 9.59 Å². The Morgan fingerprint density at radius 3 is 2.50 bits per heavy atom. The lowest BCUT2D eigenvalue weighted by Gasteiger charge is -2.23. The molecule has 1 heterocycles. The van der Waals surface area contributed by atoms with E-state index in [1.807, 2.05) is 24.3 Å². The Bertz CT molecular complexity index is 988. The number of benzene rings is 2. The van der Waals surface area contributed by atoms with Gasteiger partial charge in [0.05, 0.1) is 15.8 Å². The van der Waals surface area contributed by atoms with Crippen molar-refractivity contribution in [1.29, 1.82) is 0 Å². The lowest BCUT2D eigenvalue weighted by molar-refractivity contribution is -0.120. The highest BCUT2D eigenvalue weighted by molar-refractivity contribution is 8.01. The fourth-order valence-corrected chi connectivity index (χ4v) is 5.06. The van der Waals surface area contributed by atoms with Gasteiger partial charge < -0.3 is 10.6 Å². The molecule has 148 valence electrons. The first-order chi connectivity index (χ1) is 13.2. The average Bonchev–Trinajstić information content (AvgIpc) is 2.61. The van der Waals surface area contributed by atoms with Crippen molar-refractivity contribution >= 4 is 45.0 Å². The fourth-order valence-electron chi connectivity index (χ4n) is 2.70. The molecule has 1 aliphatic heterocycles. The highest BCUT2D eigenvalue weighted by Gasteiger charge is 2.28. The number of carbonyl (C=O) groups excluding carboxylic acids is 2. The molecule has 1 atom stereocenters. The van der Waals surface area contributed by atoms with Crippen LogP contribution in [0.1, 0.15) is 20.3 Å². The quantitative estimate of drug-likeness (QED) is 0.668. The Morgan fingerprint density at radius 2 is 1.82 bits per heavy atom. The Labute approximate surface area is 168 Å². The van der Waals surface area contributed by atoms with E-state index in [1.54, 1.807) is 13.8 Å². The second-order valence-electron chi connectivity index (χ2n) is 6.64. The van der Waals surface area contributed by atoms with Gasteiger partial charge in [-0.15, -0.1) is 11.8 Å². The highest BCUT2D eigenvalue weighted by Crippen LogP contribution is 2.36. The smallest absolute Gasteiger partial charge is 0.240 e. The molecule has 0 aromatic heterocycles. The molecule has 0 fully saturated rings. The van der Waals surface area contributed by atoms with E-state index in [2.05, 4.69) is 15.4 Å². The summed E-state index contributed by atoms with van der Waals surface area (Å²) in [6, 6.07) is 13.1. The monoisotopic (exact) mass is 419 g/mol. The largest absolute Gasteiger partial charge is 0.326 e. The van der Waals surface area contributed by atoms with Gasteiger partial charge in [0.1, 0.15) is 0 Å². The number of rotatable bonds is 6. The molecule has 0 aliphatic carbocycles. The molecular formula is C19H21N3O4S2. The molecule has 0 saturated carbocycles. The summed E-state index contributed by atoms with van der Waals surface area (Å²) < 4.78 is 26.8. The van der Waals surface area contributed by atoms with Gasteiger partial charge in [0, 0.05) is 23.0 Å². The maximum absolute atomic E-state index is 12.3. The molecule has 3 N–H and O–H groups in total. The summed E-state index contributed by atoms with van der Waals surface area (Å²) in [6.07, 6.45) is 0.0137. The zero-order valence-corrected chi connectivity index (χ0v) is 17.1. The van der Waals surface area contributed by atoms with Crippen molar-refractivity contribution in [3.8, 4) is 0 Å². The minimum absolute atomic E-state index is 0.0137.